The van der Waals surface area contributed by atoms with E-state index in [4.69, 9.17) is 0 Å². The molecule has 2 N–H and O–H groups in total. The van der Waals surface area contributed by atoms with Crippen LogP contribution in [-0.2, 0) is 0 Å². The van der Waals surface area contributed by atoms with Crippen molar-refractivity contribution in [2.45, 2.75) is 25.0 Å². The first-order chi connectivity index (χ1) is 8.16. The van der Waals surface area contributed by atoms with Crippen LogP contribution < -0.4 is 5.32 Å². The summed E-state index contributed by atoms with van der Waals surface area (Å²) in [5, 5.41) is 15.5. The van der Waals surface area contributed by atoms with Crippen molar-refractivity contribution in [3.8, 4) is 0 Å². The Labute approximate surface area is 107 Å². The molecule has 0 radical (unpaired) electrons. The largest absolute Gasteiger partial charge is 0.390 e. The van der Waals surface area contributed by atoms with Gasteiger partial charge in [0.15, 0.2) is 0 Å². The van der Waals surface area contributed by atoms with Crippen LogP contribution in [0, 0.1) is 5.92 Å². The van der Waals surface area contributed by atoms with Gasteiger partial charge in [0.25, 0.3) is 0 Å². The van der Waals surface area contributed by atoms with Gasteiger partial charge in [0.05, 0.1) is 6.10 Å². The molecule has 1 heterocycles. The first-order valence-electron chi connectivity index (χ1n) is 6.26. The van der Waals surface area contributed by atoms with Crippen molar-refractivity contribution in [1.82, 2.24) is 10.2 Å². The van der Waals surface area contributed by atoms with E-state index in [1.165, 1.54) is 17.7 Å². The van der Waals surface area contributed by atoms with Gasteiger partial charge in [-0.2, -0.15) is 0 Å². The molecule has 4 heteroatoms. The van der Waals surface area contributed by atoms with Gasteiger partial charge in [-0.1, -0.05) is 6.07 Å². The average Bonchev–Trinajstić information content (AvgIpc) is 2.93. The van der Waals surface area contributed by atoms with Crippen LogP contribution in [0.3, 0.4) is 0 Å². The van der Waals surface area contributed by atoms with Gasteiger partial charge in [0, 0.05) is 24.0 Å². The van der Waals surface area contributed by atoms with Crippen LogP contribution >= 0.6 is 11.3 Å². The van der Waals surface area contributed by atoms with Crippen LogP contribution in [0.25, 0.3) is 0 Å². The van der Waals surface area contributed by atoms with Crippen molar-refractivity contribution in [2.75, 3.05) is 27.2 Å². The lowest BCUT2D eigenvalue weighted by Crippen LogP contribution is -2.37. The Morgan fingerprint density at radius 1 is 1.53 bits per heavy atom. The lowest BCUT2D eigenvalue weighted by Gasteiger charge is -2.21. The monoisotopic (exact) mass is 254 g/mol. The lowest BCUT2D eigenvalue weighted by molar-refractivity contribution is 0.130. The van der Waals surface area contributed by atoms with E-state index in [1.807, 2.05) is 30.3 Å². The molecule has 3 nitrogen and oxygen atoms in total. The topological polar surface area (TPSA) is 35.5 Å². The Bertz CT molecular complexity index is 322. The minimum Gasteiger partial charge on any atom is -0.390 e. The Morgan fingerprint density at radius 2 is 2.29 bits per heavy atom. The van der Waals surface area contributed by atoms with E-state index in [9.17, 15) is 5.11 Å². The number of aliphatic hydroxyl groups is 1. The lowest BCUT2D eigenvalue weighted by atomic mass is 10.1. The number of hydrogen-bond acceptors (Lipinski definition) is 4. The van der Waals surface area contributed by atoms with Crippen LogP contribution in [0.1, 0.15) is 23.8 Å². The molecular weight excluding hydrogens is 232 g/mol. The zero-order valence-electron chi connectivity index (χ0n) is 10.6. The van der Waals surface area contributed by atoms with E-state index in [0.717, 1.165) is 12.5 Å². The van der Waals surface area contributed by atoms with Crippen LogP contribution in [0.4, 0.5) is 0 Å². The van der Waals surface area contributed by atoms with Gasteiger partial charge in [-0.3, -0.25) is 0 Å². The fourth-order valence-electron chi connectivity index (χ4n) is 2.15. The molecule has 0 spiro atoms. The van der Waals surface area contributed by atoms with E-state index in [0.29, 0.717) is 12.6 Å². The molecule has 0 amide bonds. The quantitative estimate of drug-likeness (QED) is 0.777. The summed E-state index contributed by atoms with van der Waals surface area (Å²) in [5.74, 6) is 0.778. The Balaban J connectivity index is 1.82. The highest BCUT2D eigenvalue weighted by molar-refractivity contribution is 7.10. The summed E-state index contributed by atoms with van der Waals surface area (Å²) in [7, 11) is 3.97. The number of rotatable bonds is 7. The van der Waals surface area contributed by atoms with E-state index in [-0.39, 0.29) is 6.10 Å². The number of aliphatic hydroxyl groups excluding tert-OH is 1. The van der Waals surface area contributed by atoms with Gasteiger partial charge >= 0.3 is 0 Å². The van der Waals surface area contributed by atoms with E-state index < -0.39 is 0 Å². The minimum atomic E-state index is -0.286. The number of thiophene rings is 1. The van der Waals surface area contributed by atoms with Crippen molar-refractivity contribution >= 4 is 11.3 Å². The Morgan fingerprint density at radius 3 is 2.82 bits per heavy atom. The Hall–Kier alpha value is -0.420. The highest BCUT2D eigenvalue weighted by atomic mass is 32.1. The summed E-state index contributed by atoms with van der Waals surface area (Å²) in [6, 6.07) is 4.75. The average molecular weight is 254 g/mol. The zero-order valence-corrected chi connectivity index (χ0v) is 11.4. The zero-order chi connectivity index (χ0) is 12.3. The summed E-state index contributed by atoms with van der Waals surface area (Å²) in [4.78, 5) is 3.42. The normalized spacial score (nSPS) is 19.5. The molecule has 1 aliphatic carbocycles. The second-order valence-corrected chi connectivity index (χ2v) is 6.13. The Kier molecular flexibility index (Phi) is 4.56. The standard InChI is InChI=1S/C13H22N2OS/c1-15(2)9-11(16)8-14-13(10-5-6-10)12-4-3-7-17-12/h3-4,7,10-11,13-14,16H,5-6,8-9H2,1-2H3. The maximum absolute atomic E-state index is 9.87. The molecule has 1 saturated carbocycles. The van der Waals surface area contributed by atoms with Crippen molar-refractivity contribution in [1.29, 1.82) is 0 Å². The number of nitrogens with zero attached hydrogens (tertiary/aromatic N) is 1. The first-order valence-corrected chi connectivity index (χ1v) is 7.14. The van der Waals surface area contributed by atoms with Crippen molar-refractivity contribution < 1.29 is 5.11 Å². The summed E-state index contributed by atoms with van der Waals surface area (Å²) in [6.45, 7) is 1.39. The second kappa shape index (κ2) is 5.96. The summed E-state index contributed by atoms with van der Waals surface area (Å²) < 4.78 is 0. The van der Waals surface area contributed by atoms with Crippen molar-refractivity contribution in [3.05, 3.63) is 22.4 Å². The van der Waals surface area contributed by atoms with Gasteiger partial charge in [0.1, 0.15) is 0 Å². The molecule has 1 aromatic heterocycles. The molecule has 1 fully saturated rings. The smallest absolute Gasteiger partial charge is 0.0791 e. The highest BCUT2D eigenvalue weighted by Gasteiger charge is 2.32. The SMILES string of the molecule is CN(C)CC(O)CNC(c1cccs1)C1CC1. The third-order valence-corrected chi connectivity index (χ3v) is 4.05. The highest BCUT2D eigenvalue weighted by Crippen LogP contribution is 2.42. The first kappa shape index (κ1) is 13.0. The van der Waals surface area contributed by atoms with E-state index in [1.54, 1.807) is 0 Å². The maximum Gasteiger partial charge on any atom is 0.0791 e. The summed E-state index contributed by atoms with van der Waals surface area (Å²) >= 11 is 1.81. The van der Waals surface area contributed by atoms with Crippen LogP contribution in [0.15, 0.2) is 17.5 Å². The molecule has 2 rings (SSSR count). The summed E-state index contributed by atoms with van der Waals surface area (Å²) in [5.41, 5.74) is 0. The van der Waals surface area contributed by atoms with E-state index in [2.05, 4.69) is 22.8 Å². The third-order valence-electron chi connectivity index (χ3n) is 3.09. The minimum absolute atomic E-state index is 0.286. The molecule has 1 aliphatic rings. The molecule has 2 atom stereocenters. The van der Waals surface area contributed by atoms with E-state index >= 15 is 0 Å². The maximum atomic E-state index is 9.87. The number of hydrogen-bond donors (Lipinski definition) is 2. The molecule has 0 aromatic carbocycles. The molecule has 2 unspecified atom stereocenters. The summed E-state index contributed by atoms with van der Waals surface area (Å²) in [6.07, 6.45) is 2.35. The number of nitrogens with one attached hydrogen (secondary N) is 1. The van der Waals surface area contributed by atoms with Gasteiger partial charge in [0.2, 0.25) is 0 Å². The molecule has 0 aliphatic heterocycles. The van der Waals surface area contributed by atoms with Crippen LogP contribution in [0.5, 0.6) is 0 Å². The van der Waals surface area contributed by atoms with Crippen LogP contribution in [0.2, 0.25) is 0 Å². The van der Waals surface area contributed by atoms with Gasteiger partial charge in [-0.25, -0.2) is 0 Å². The molecule has 0 bridgehead atoms. The number of likely N-dealkylation sites (N-methyl/N-ethyl adjacent to an activating group) is 1. The van der Waals surface area contributed by atoms with Crippen LogP contribution in [-0.4, -0.2) is 43.3 Å². The second-order valence-electron chi connectivity index (χ2n) is 5.15. The molecular formula is C13H22N2OS. The fraction of sp³-hybridized carbons (Fsp3) is 0.692. The predicted molar refractivity (Wildman–Crippen MR) is 72.3 cm³/mol. The van der Waals surface area contributed by atoms with Gasteiger partial charge in [-0.05, 0) is 44.3 Å². The molecule has 17 heavy (non-hydrogen) atoms. The predicted octanol–water partition coefficient (Wildman–Crippen LogP) is 1.71. The van der Waals surface area contributed by atoms with Crippen molar-refractivity contribution in [2.24, 2.45) is 5.92 Å². The van der Waals surface area contributed by atoms with Crippen molar-refractivity contribution in [3.63, 3.8) is 0 Å². The third kappa shape index (κ3) is 4.07. The molecule has 1 aromatic rings. The van der Waals surface area contributed by atoms with Gasteiger partial charge < -0.3 is 15.3 Å². The fourth-order valence-corrected chi connectivity index (χ4v) is 3.04. The molecule has 96 valence electrons. The molecule has 0 saturated heterocycles. The van der Waals surface area contributed by atoms with Gasteiger partial charge in [-0.15, -0.1) is 11.3 Å².